The summed E-state index contributed by atoms with van der Waals surface area (Å²) >= 11 is 0. The fourth-order valence-electron chi connectivity index (χ4n) is 1.53. The van der Waals surface area contributed by atoms with Crippen LogP contribution in [-0.4, -0.2) is 30.8 Å². The molecule has 6 nitrogen and oxygen atoms in total. The lowest BCUT2D eigenvalue weighted by atomic mass is 10.2. The summed E-state index contributed by atoms with van der Waals surface area (Å²) in [6, 6.07) is 7.19. The largest absolute Gasteiger partial charge is 0.444 e. The topological polar surface area (TPSA) is 79.5 Å². The second kappa shape index (κ2) is 7.52. The van der Waals surface area contributed by atoms with E-state index in [0.717, 1.165) is 11.3 Å². The Kier molecular flexibility index (Phi) is 6.02. The molecule has 0 heterocycles. The summed E-state index contributed by atoms with van der Waals surface area (Å²) in [7, 11) is 0. The molecule has 3 N–H and O–H groups in total. The highest BCUT2D eigenvalue weighted by Gasteiger charge is 2.15. The molecule has 0 aliphatic carbocycles. The van der Waals surface area contributed by atoms with Crippen molar-refractivity contribution in [3.8, 4) is 0 Å². The highest BCUT2D eigenvalue weighted by atomic mass is 16.6. The minimum atomic E-state index is -0.528. The lowest BCUT2D eigenvalue weighted by Crippen LogP contribution is -2.39. The van der Waals surface area contributed by atoms with Crippen LogP contribution in [0.5, 0.6) is 0 Å². The molecule has 3 amide bonds. The molecule has 6 heteroatoms. The molecule has 0 aromatic heterocycles. The van der Waals surface area contributed by atoms with Gasteiger partial charge in [-0.3, -0.25) is 0 Å². The van der Waals surface area contributed by atoms with Crippen molar-refractivity contribution < 1.29 is 14.3 Å². The molecule has 0 spiro atoms. The van der Waals surface area contributed by atoms with Crippen molar-refractivity contribution in [1.82, 2.24) is 10.6 Å². The summed E-state index contributed by atoms with van der Waals surface area (Å²) in [5.74, 6) is 0. The Morgan fingerprint density at radius 3 is 2.33 bits per heavy atom. The number of aryl methyl sites for hydroxylation is 1. The van der Waals surface area contributed by atoms with Crippen molar-refractivity contribution in [2.75, 3.05) is 18.4 Å². The van der Waals surface area contributed by atoms with Crippen LogP contribution in [-0.2, 0) is 4.74 Å². The molecule has 1 aromatic carbocycles. The quantitative estimate of drug-likeness (QED) is 0.747. The van der Waals surface area contributed by atoms with Gasteiger partial charge in [0.15, 0.2) is 0 Å². The second-order valence-electron chi connectivity index (χ2n) is 5.62. The van der Waals surface area contributed by atoms with Crippen molar-refractivity contribution >= 4 is 17.8 Å². The Hall–Kier alpha value is -2.24. The number of benzene rings is 1. The van der Waals surface area contributed by atoms with Crippen molar-refractivity contribution in [2.24, 2.45) is 0 Å². The first-order chi connectivity index (χ1) is 9.78. The minimum Gasteiger partial charge on any atom is -0.444 e. The number of alkyl carbamates (subject to hydrolysis) is 1. The molecule has 1 aromatic rings. The lowest BCUT2D eigenvalue weighted by molar-refractivity contribution is 0.0528. The van der Waals surface area contributed by atoms with Crippen LogP contribution in [0.1, 0.15) is 26.3 Å². The number of rotatable bonds is 4. The molecule has 21 heavy (non-hydrogen) atoms. The van der Waals surface area contributed by atoms with Crippen LogP contribution < -0.4 is 16.0 Å². The number of carbonyl (C=O) groups excluding carboxylic acids is 2. The van der Waals surface area contributed by atoms with Gasteiger partial charge in [0.2, 0.25) is 0 Å². The van der Waals surface area contributed by atoms with E-state index in [-0.39, 0.29) is 6.03 Å². The number of urea groups is 1. The van der Waals surface area contributed by atoms with E-state index in [1.165, 1.54) is 0 Å². The Bertz CT molecular complexity index is 495. The zero-order valence-electron chi connectivity index (χ0n) is 12.9. The van der Waals surface area contributed by atoms with E-state index in [2.05, 4.69) is 16.0 Å². The molecule has 116 valence electrons. The number of ether oxygens (including phenoxy) is 1. The molecule has 1 rings (SSSR count). The summed E-state index contributed by atoms with van der Waals surface area (Å²) < 4.78 is 5.08. The zero-order valence-corrected chi connectivity index (χ0v) is 12.9. The zero-order chi connectivity index (χ0) is 15.9. The molecule has 0 aliphatic rings. The van der Waals surface area contributed by atoms with Crippen LogP contribution in [0.2, 0.25) is 0 Å². The summed E-state index contributed by atoms with van der Waals surface area (Å²) in [5, 5.41) is 7.96. The van der Waals surface area contributed by atoms with E-state index >= 15 is 0 Å². The summed E-state index contributed by atoms with van der Waals surface area (Å²) in [4.78, 5) is 23.0. The lowest BCUT2D eigenvalue weighted by Gasteiger charge is -2.19. The first-order valence-corrected chi connectivity index (χ1v) is 6.85. The third kappa shape index (κ3) is 7.20. The molecule has 0 atom stereocenters. The molecule has 0 unspecified atom stereocenters. The summed E-state index contributed by atoms with van der Waals surface area (Å²) in [6.07, 6.45) is -0.497. The van der Waals surface area contributed by atoms with Crippen LogP contribution in [0.4, 0.5) is 15.3 Å². The molecular weight excluding hydrogens is 270 g/mol. The highest BCUT2D eigenvalue weighted by Crippen LogP contribution is 2.12. The van der Waals surface area contributed by atoms with Gasteiger partial charge in [-0.1, -0.05) is 18.2 Å². The number of para-hydroxylation sites is 1. The first kappa shape index (κ1) is 16.8. The van der Waals surface area contributed by atoms with Crippen LogP contribution in [0.15, 0.2) is 24.3 Å². The average molecular weight is 293 g/mol. The minimum absolute atomic E-state index is 0.302. The van der Waals surface area contributed by atoms with E-state index in [1.807, 2.05) is 31.2 Å². The Labute approximate surface area is 125 Å². The Morgan fingerprint density at radius 1 is 1.10 bits per heavy atom. The number of anilines is 1. The Balaban J connectivity index is 2.23. The van der Waals surface area contributed by atoms with Crippen LogP contribution >= 0.6 is 0 Å². The standard InChI is InChI=1S/C15H23N3O3/c1-11-7-5-6-8-12(11)18-13(19)16-9-10-17-14(20)21-15(2,3)4/h5-8H,9-10H2,1-4H3,(H,17,20)(H2,16,18,19). The maximum absolute atomic E-state index is 11.7. The van der Waals surface area contributed by atoms with Crippen LogP contribution in [0.3, 0.4) is 0 Å². The molecule has 0 aliphatic heterocycles. The SMILES string of the molecule is Cc1ccccc1NC(=O)NCCNC(=O)OC(C)(C)C. The van der Waals surface area contributed by atoms with Gasteiger partial charge in [0.1, 0.15) is 5.60 Å². The molecule has 0 saturated carbocycles. The van der Waals surface area contributed by atoms with Crippen molar-refractivity contribution in [3.63, 3.8) is 0 Å². The van der Waals surface area contributed by atoms with E-state index in [1.54, 1.807) is 20.8 Å². The fourth-order valence-corrected chi connectivity index (χ4v) is 1.53. The third-order valence-electron chi connectivity index (χ3n) is 2.47. The maximum Gasteiger partial charge on any atom is 0.407 e. The van der Waals surface area contributed by atoms with Gasteiger partial charge in [-0.05, 0) is 39.3 Å². The van der Waals surface area contributed by atoms with Crippen LogP contribution in [0.25, 0.3) is 0 Å². The third-order valence-corrected chi connectivity index (χ3v) is 2.47. The number of amides is 3. The normalized spacial score (nSPS) is 10.7. The van der Waals surface area contributed by atoms with E-state index in [0.29, 0.717) is 13.1 Å². The average Bonchev–Trinajstić information content (AvgIpc) is 2.35. The van der Waals surface area contributed by atoms with Gasteiger partial charge in [-0.2, -0.15) is 0 Å². The molecule has 0 fully saturated rings. The number of nitrogens with one attached hydrogen (secondary N) is 3. The van der Waals surface area contributed by atoms with Gasteiger partial charge in [-0.25, -0.2) is 9.59 Å². The molecule has 0 bridgehead atoms. The van der Waals surface area contributed by atoms with E-state index < -0.39 is 11.7 Å². The van der Waals surface area contributed by atoms with Gasteiger partial charge in [0.05, 0.1) is 0 Å². The highest BCUT2D eigenvalue weighted by molar-refractivity contribution is 5.90. The Morgan fingerprint density at radius 2 is 1.71 bits per heavy atom. The van der Waals surface area contributed by atoms with Crippen molar-refractivity contribution in [3.05, 3.63) is 29.8 Å². The molecule has 0 radical (unpaired) electrons. The monoisotopic (exact) mass is 293 g/mol. The first-order valence-electron chi connectivity index (χ1n) is 6.85. The number of hydrogen-bond acceptors (Lipinski definition) is 3. The van der Waals surface area contributed by atoms with Crippen molar-refractivity contribution in [2.45, 2.75) is 33.3 Å². The predicted octanol–water partition coefficient (Wildman–Crippen LogP) is 2.64. The van der Waals surface area contributed by atoms with Crippen molar-refractivity contribution in [1.29, 1.82) is 0 Å². The van der Waals surface area contributed by atoms with Gasteiger partial charge >= 0.3 is 12.1 Å². The van der Waals surface area contributed by atoms with Gasteiger partial charge in [-0.15, -0.1) is 0 Å². The van der Waals surface area contributed by atoms with Gasteiger partial charge in [0, 0.05) is 18.8 Å². The number of carbonyl (C=O) groups is 2. The summed E-state index contributed by atoms with van der Waals surface area (Å²) in [5.41, 5.74) is 1.22. The maximum atomic E-state index is 11.7. The smallest absolute Gasteiger partial charge is 0.407 e. The van der Waals surface area contributed by atoms with Crippen LogP contribution in [0, 0.1) is 6.92 Å². The fraction of sp³-hybridized carbons (Fsp3) is 0.467. The number of hydrogen-bond donors (Lipinski definition) is 3. The van der Waals surface area contributed by atoms with E-state index in [4.69, 9.17) is 4.74 Å². The van der Waals surface area contributed by atoms with Gasteiger partial charge < -0.3 is 20.7 Å². The predicted molar refractivity (Wildman–Crippen MR) is 82.4 cm³/mol. The molecular formula is C15H23N3O3. The molecule has 0 saturated heterocycles. The van der Waals surface area contributed by atoms with Gasteiger partial charge in [0.25, 0.3) is 0 Å². The summed E-state index contributed by atoms with van der Waals surface area (Å²) in [6.45, 7) is 7.91. The second-order valence-corrected chi connectivity index (χ2v) is 5.62. The van der Waals surface area contributed by atoms with E-state index in [9.17, 15) is 9.59 Å².